The molecule has 1 atom stereocenters. The first-order valence-corrected chi connectivity index (χ1v) is 7.61. The predicted molar refractivity (Wildman–Crippen MR) is 86.7 cm³/mol. The van der Waals surface area contributed by atoms with E-state index in [2.05, 4.69) is 27.8 Å². The quantitative estimate of drug-likeness (QED) is 0.862. The number of nitrogens with two attached hydrogens (primary N) is 1. The largest absolute Gasteiger partial charge is 0.496 e. The van der Waals surface area contributed by atoms with Crippen LogP contribution in [0.15, 0.2) is 41.1 Å². The number of hydrogen-bond donors (Lipinski definition) is 1. The van der Waals surface area contributed by atoms with Gasteiger partial charge in [0.1, 0.15) is 11.5 Å². The highest BCUT2D eigenvalue weighted by atomic mass is 79.9. The summed E-state index contributed by atoms with van der Waals surface area (Å²) in [6.45, 7) is 2.74. The van der Waals surface area contributed by atoms with Gasteiger partial charge >= 0.3 is 0 Å². The number of ether oxygens (including phenoxy) is 2. The number of pyridine rings is 1. The normalized spacial score (nSPS) is 12.0. The highest BCUT2D eigenvalue weighted by molar-refractivity contribution is 9.10. The Hall–Kier alpha value is -1.59. The second-order valence-corrected chi connectivity index (χ2v) is 5.53. The molecule has 0 radical (unpaired) electrons. The van der Waals surface area contributed by atoms with E-state index in [0.717, 1.165) is 33.5 Å². The van der Waals surface area contributed by atoms with Crippen LogP contribution in [0.25, 0.3) is 0 Å². The maximum atomic E-state index is 6.32. The van der Waals surface area contributed by atoms with Crippen LogP contribution in [-0.4, -0.2) is 18.7 Å². The molecule has 0 amide bonds. The van der Waals surface area contributed by atoms with E-state index in [9.17, 15) is 0 Å². The van der Waals surface area contributed by atoms with Crippen LogP contribution in [0, 0.1) is 0 Å². The van der Waals surface area contributed by atoms with E-state index in [1.54, 1.807) is 19.5 Å². The average molecular weight is 351 g/mol. The Morgan fingerprint density at radius 3 is 2.71 bits per heavy atom. The number of nitrogens with zero attached hydrogens (tertiary/aromatic N) is 1. The summed E-state index contributed by atoms with van der Waals surface area (Å²) in [4.78, 5) is 4.20. The van der Waals surface area contributed by atoms with Crippen LogP contribution in [-0.2, 0) is 0 Å². The molecule has 0 aliphatic carbocycles. The Bertz CT molecular complexity index is 605. The van der Waals surface area contributed by atoms with Gasteiger partial charge in [-0.2, -0.15) is 0 Å². The zero-order chi connectivity index (χ0) is 15.2. The van der Waals surface area contributed by atoms with Gasteiger partial charge in [-0.05, 0) is 51.7 Å². The van der Waals surface area contributed by atoms with E-state index in [1.165, 1.54) is 0 Å². The van der Waals surface area contributed by atoms with Gasteiger partial charge in [0.25, 0.3) is 0 Å². The molecule has 2 rings (SSSR count). The summed E-state index contributed by atoms with van der Waals surface area (Å²) in [6, 6.07) is 7.48. The minimum Gasteiger partial charge on any atom is -0.496 e. The maximum Gasteiger partial charge on any atom is 0.137 e. The van der Waals surface area contributed by atoms with Gasteiger partial charge in [0.2, 0.25) is 0 Å². The van der Waals surface area contributed by atoms with Crippen molar-refractivity contribution >= 4 is 15.9 Å². The highest BCUT2D eigenvalue weighted by Crippen LogP contribution is 2.30. The number of halogens is 1. The van der Waals surface area contributed by atoms with Crippen molar-refractivity contribution in [1.82, 2.24) is 4.98 Å². The molecule has 21 heavy (non-hydrogen) atoms. The highest BCUT2D eigenvalue weighted by Gasteiger charge is 2.12. The molecular weight excluding hydrogens is 332 g/mol. The predicted octanol–water partition coefficient (Wildman–Crippen LogP) is 3.69. The van der Waals surface area contributed by atoms with Crippen LogP contribution in [0.3, 0.4) is 0 Å². The zero-order valence-electron chi connectivity index (χ0n) is 12.2. The third kappa shape index (κ3) is 3.95. The van der Waals surface area contributed by atoms with E-state index in [4.69, 9.17) is 15.2 Å². The number of benzene rings is 1. The van der Waals surface area contributed by atoms with Gasteiger partial charge in [0.15, 0.2) is 0 Å². The van der Waals surface area contributed by atoms with E-state index in [1.807, 2.05) is 24.3 Å². The van der Waals surface area contributed by atoms with Crippen LogP contribution in [0.2, 0.25) is 0 Å². The summed E-state index contributed by atoms with van der Waals surface area (Å²) in [6.07, 6.45) is 4.43. The lowest BCUT2D eigenvalue weighted by molar-refractivity contribution is 0.315. The molecule has 2 aromatic rings. The number of hydrogen-bond acceptors (Lipinski definition) is 4. The van der Waals surface area contributed by atoms with Gasteiger partial charge < -0.3 is 15.2 Å². The van der Waals surface area contributed by atoms with Gasteiger partial charge in [-0.1, -0.05) is 13.0 Å². The van der Waals surface area contributed by atoms with Crippen molar-refractivity contribution in [2.24, 2.45) is 5.73 Å². The first kappa shape index (κ1) is 15.8. The van der Waals surface area contributed by atoms with Crippen molar-refractivity contribution in [3.8, 4) is 11.5 Å². The molecule has 0 aliphatic heterocycles. The van der Waals surface area contributed by atoms with Gasteiger partial charge in [-0.3, -0.25) is 4.98 Å². The van der Waals surface area contributed by atoms with Gasteiger partial charge in [-0.25, -0.2) is 0 Å². The lowest BCUT2D eigenvalue weighted by Gasteiger charge is -2.15. The summed E-state index contributed by atoms with van der Waals surface area (Å²) >= 11 is 3.48. The van der Waals surface area contributed by atoms with E-state index in [-0.39, 0.29) is 6.04 Å². The Labute approximate surface area is 133 Å². The molecule has 1 heterocycles. The zero-order valence-corrected chi connectivity index (χ0v) is 13.8. The Kier molecular flexibility index (Phi) is 5.59. The molecule has 0 fully saturated rings. The van der Waals surface area contributed by atoms with Crippen molar-refractivity contribution in [2.75, 3.05) is 13.7 Å². The topological polar surface area (TPSA) is 57.4 Å². The van der Waals surface area contributed by atoms with Crippen molar-refractivity contribution < 1.29 is 9.47 Å². The SMILES string of the molecule is CCCOc1cncc(C(N)c2ccc(OC)c(Br)c2)c1. The fourth-order valence-electron chi connectivity index (χ4n) is 1.97. The van der Waals surface area contributed by atoms with E-state index in [0.29, 0.717) is 6.61 Å². The van der Waals surface area contributed by atoms with Crippen LogP contribution in [0.1, 0.15) is 30.5 Å². The third-order valence-corrected chi connectivity index (χ3v) is 3.72. The first-order chi connectivity index (χ1) is 10.2. The molecule has 2 N–H and O–H groups in total. The van der Waals surface area contributed by atoms with Crippen molar-refractivity contribution in [2.45, 2.75) is 19.4 Å². The monoisotopic (exact) mass is 350 g/mol. The van der Waals surface area contributed by atoms with Crippen molar-refractivity contribution in [1.29, 1.82) is 0 Å². The second-order valence-electron chi connectivity index (χ2n) is 4.67. The lowest BCUT2D eigenvalue weighted by atomic mass is 10.0. The van der Waals surface area contributed by atoms with Crippen molar-refractivity contribution in [3.63, 3.8) is 0 Å². The minimum atomic E-state index is -0.259. The lowest BCUT2D eigenvalue weighted by Crippen LogP contribution is -2.12. The van der Waals surface area contributed by atoms with Gasteiger partial charge in [0.05, 0.1) is 30.4 Å². The first-order valence-electron chi connectivity index (χ1n) is 6.82. The fourth-order valence-corrected chi connectivity index (χ4v) is 2.53. The van der Waals surface area contributed by atoms with Crippen LogP contribution >= 0.6 is 15.9 Å². The molecule has 1 aromatic heterocycles. The number of aromatic nitrogens is 1. The molecule has 0 bridgehead atoms. The van der Waals surface area contributed by atoms with E-state index >= 15 is 0 Å². The Morgan fingerprint density at radius 1 is 1.24 bits per heavy atom. The summed E-state index contributed by atoms with van der Waals surface area (Å²) in [5, 5.41) is 0. The summed E-state index contributed by atoms with van der Waals surface area (Å²) in [5.41, 5.74) is 8.22. The van der Waals surface area contributed by atoms with Crippen LogP contribution in [0.5, 0.6) is 11.5 Å². The molecule has 5 heteroatoms. The molecule has 1 aromatic carbocycles. The van der Waals surface area contributed by atoms with Gasteiger partial charge in [-0.15, -0.1) is 0 Å². The molecule has 112 valence electrons. The molecule has 0 saturated carbocycles. The van der Waals surface area contributed by atoms with Gasteiger partial charge in [0, 0.05) is 6.20 Å². The Morgan fingerprint density at radius 2 is 2.05 bits per heavy atom. The molecule has 4 nitrogen and oxygen atoms in total. The summed E-state index contributed by atoms with van der Waals surface area (Å²) in [7, 11) is 1.64. The second kappa shape index (κ2) is 7.43. The fraction of sp³-hybridized carbons (Fsp3) is 0.312. The maximum absolute atomic E-state index is 6.32. The number of methoxy groups -OCH3 is 1. The molecule has 0 aliphatic rings. The smallest absolute Gasteiger partial charge is 0.137 e. The molecule has 0 spiro atoms. The average Bonchev–Trinajstić information content (AvgIpc) is 2.52. The van der Waals surface area contributed by atoms with Crippen molar-refractivity contribution in [3.05, 3.63) is 52.3 Å². The minimum absolute atomic E-state index is 0.259. The summed E-state index contributed by atoms with van der Waals surface area (Å²) < 4.78 is 11.7. The molecular formula is C16H19BrN2O2. The third-order valence-electron chi connectivity index (χ3n) is 3.10. The van der Waals surface area contributed by atoms with Crippen LogP contribution < -0.4 is 15.2 Å². The number of rotatable bonds is 6. The standard InChI is InChI=1S/C16H19BrN2O2/c1-3-6-21-13-7-12(9-19-10-13)16(18)11-4-5-15(20-2)14(17)8-11/h4-5,7-10,16H,3,6,18H2,1-2H3. The summed E-state index contributed by atoms with van der Waals surface area (Å²) in [5.74, 6) is 1.53. The molecule has 1 unspecified atom stereocenters. The molecule has 0 saturated heterocycles. The van der Waals surface area contributed by atoms with E-state index < -0.39 is 0 Å². The van der Waals surface area contributed by atoms with Crippen LogP contribution in [0.4, 0.5) is 0 Å². The Balaban J connectivity index is 2.22.